The lowest BCUT2D eigenvalue weighted by Gasteiger charge is -2.36. The Morgan fingerprint density at radius 1 is 1.10 bits per heavy atom. The Hall–Kier alpha value is -3.63. The Morgan fingerprint density at radius 3 is 2.57 bits per heavy atom. The second-order valence-electron chi connectivity index (χ2n) is 6.87. The van der Waals surface area contributed by atoms with Gasteiger partial charge in [0.1, 0.15) is 5.69 Å². The molecule has 4 rings (SSSR count). The number of aromatic amines is 1. The van der Waals surface area contributed by atoms with Crippen LogP contribution in [0.1, 0.15) is 10.5 Å². The SMILES string of the molecule is O=C(c1cc(=O)[nH]cn1)N1CCN(c2ccc3c(=O)n(CC(F)F)cnc3c2)CC1. The number of amides is 1. The highest BCUT2D eigenvalue weighted by Gasteiger charge is 2.23. The van der Waals surface area contributed by atoms with E-state index in [2.05, 4.69) is 15.0 Å². The highest BCUT2D eigenvalue weighted by atomic mass is 19.3. The molecule has 0 aliphatic carbocycles. The first-order valence-electron chi connectivity index (χ1n) is 9.28. The molecule has 0 atom stereocenters. The Kier molecular flexibility index (Phi) is 5.25. The van der Waals surface area contributed by atoms with Gasteiger partial charge in [0.2, 0.25) is 0 Å². The topological polar surface area (TPSA) is 104 Å². The van der Waals surface area contributed by atoms with E-state index < -0.39 is 18.5 Å². The van der Waals surface area contributed by atoms with Crippen LogP contribution in [0.4, 0.5) is 14.5 Å². The molecule has 1 amide bonds. The summed E-state index contributed by atoms with van der Waals surface area (Å²) in [7, 11) is 0. The van der Waals surface area contributed by atoms with Gasteiger partial charge in [0, 0.05) is 37.9 Å². The van der Waals surface area contributed by atoms with Crippen LogP contribution < -0.4 is 16.0 Å². The third-order valence-electron chi connectivity index (χ3n) is 4.97. The van der Waals surface area contributed by atoms with Crippen LogP contribution in [0.2, 0.25) is 0 Å². The highest BCUT2D eigenvalue weighted by Crippen LogP contribution is 2.21. The van der Waals surface area contributed by atoms with Crippen molar-refractivity contribution in [2.45, 2.75) is 13.0 Å². The van der Waals surface area contributed by atoms with Crippen molar-refractivity contribution in [3.8, 4) is 0 Å². The van der Waals surface area contributed by atoms with Gasteiger partial charge in [-0.15, -0.1) is 0 Å². The maximum atomic E-state index is 12.6. The summed E-state index contributed by atoms with van der Waals surface area (Å²) in [6.07, 6.45) is -0.306. The number of hydrogen-bond donors (Lipinski definition) is 1. The van der Waals surface area contributed by atoms with Crippen LogP contribution in [-0.4, -0.2) is 62.9 Å². The minimum Gasteiger partial charge on any atom is -0.368 e. The van der Waals surface area contributed by atoms with Gasteiger partial charge >= 0.3 is 0 Å². The predicted octanol–water partition coefficient (Wildman–Crippen LogP) is 0.707. The van der Waals surface area contributed by atoms with Gasteiger partial charge in [-0.1, -0.05) is 0 Å². The maximum absolute atomic E-state index is 12.6. The van der Waals surface area contributed by atoms with Crippen LogP contribution in [0.25, 0.3) is 10.9 Å². The Bertz CT molecular complexity index is 1200. The molecule has 1 aliphatic rings. The first-order valence-corrected chi connectivity index (χ1v) is 9.28. The Labute approximate surface area is 168 Å². The molecular formula is C19H18F2N6O3. The molecule has 3 aromatic rings. The average Bonchev–Trinajstić information content (AvgIpc) is 2.75. The fourth-order valence-electron chi connectivity index (χ4n) is 3.44. The van der Waals surface area contributed by atoms with E-state index in [1.807, 2.05) is 4.90 Å². The van der Waals surface area contributed by atoms with Gasteiger partial charge in [-0.2, -0.15) is 0 Å². The summed E-state index contributed by atoms with van der Waals surface area (Å²) < 4.78 is 26.1. The molecule has 1 saturated heterocycles. The Morgan fingerprint density at radius 2 is 1.87 bits per heavy atom. The third-order valence-corrected chi connectivity index (χ3v) is 4.97. The third kappa shape index (κ3) is 3.91. The van der Waals surface area contributed by atoms with Crippen LogP contribution in [0.15, 0.2) is 46.5 Å². The number of hydrogen-bond acceptors (Lipinski definition) is 6. The van der Waals surface area contributed by atoms with Crippen molar-refractivity contribution >= 4 is 22.5 Å². The van der Waals surface area contributed by atoms with E-state index in [1.54, 1.807) is 23.1 Å². The molecular weight excluding hydrogens is 398 g/mol. The minimum absolute atomic E-state index is 0.0992. The van der Waals surface area contributed by atoms with Crippen LogP contribution in [0.3, 0.4) is 0 Å². The maximum Gasteiger partial charge on any atom is 0.272 e. The number of fused-ring (bicyclic) bond motifs is 1. The molecule has 1 N–H and O–H groups in total. The van der Waals surface area contributed by atoms with E-state index in [-0.39, 0.29) is 22.5 Å². The number of piperazine rings is 1. The van der Waals surface area contributed by atoms with E-state index in [4.69, 9.17) is 0 Å². The number of aromatic nitrogens is 4. The molecule has 1 aromatic carbocycles. The number of nitrogens with zero attached hydrogens (tertiary/aromatic N) is 5. The summed E-state index contributed by atoms with van der Waals surface area (Å²) in [5.41, 5.74) is 0.453. The molecule has 0 unspecified atom stereocenters. The fraction of sp³-hybridized carbons (Fsp3) is 0.316. The van der Waals surface area contributed by atoms with E-state index in [1.165, 1.54) is 12.4 Å². The largest absolute Gasteiger partial charge is 0.368 e. The summed E-state index contributed by atoms with van der Waals surface area (Å²) in [6.45, 7) is 1.27. The summed E-state index contributed by atoms with van der Waals surface area (Å²) >= 11 is 0. The van der Waals surface area contributed by atoms with E-state index in [0.29, 0.717) is 31.7 Å². The van der Waals surface area contributed by atoms with Crippen molar-refractivity contribution in [1.82, 2.24) is 24.4 Å². The normalized spacial score (nSPS) is 14.5. The smallest absolute Gasteiger partial charge is 0.272 e. The van der Waals surface area contributed by atoms with Crippen molar-refractivity contribution in [2.75, 3.05) is 31.1 Å². The molecule has 0 saturated carbocycles. The lowest BCUT2D eigenvalue weighted by Crippen LogP contribution is -2.49. The summed E-state index contributed by atoms with van der Waals surface area (Å²) in [4.78, 5) is 50.3. The van der Waals surface area contributed by atoms with Gasteiger partial charge in [-0.05, 0) is 18.2 Å². The van der Waals surface area contributed by atoms with Crippen molar-refractivity contribution in [1.29, 1.82) is 0 Å². The van der Waals surface area contributed by atoms with Gasteiger partial charge < -0.3 is 14.8 Å². The predicted molar refractivity (Wildman–Crippen MR) is 105 cm³/mol. The fourth-order valence-corrected chi connectivity index (χ4v) is 3.44. The van der Waals surface area contributed by atoms with Gasteiger partial charge in [0.15, 0.2) is 0 Å². The van der Waals surface area contributed by atoms with Crippen LogP contribution >= 0.6 is 0 Å². The molecule has 11 heteroatoms. The zero-order chi connectivity index (χ0) is 21.3. The second-order valence-corrected chi connectivity index (χ2v) is 6.87. The zero-order valence-corrected chi connectivity index (χ0v) is 15.8. The number of benzene rings is 1. The number of carbonyl (C=O) groups excluding carboxylic acids is 1. The highest BCUT2D eigenvalue weighted by molar-refractivity contribution is 5.92. The number of rotatable bonds is 4. The van der Waals surface area contributed by atoms with Gasteiger partial charge in [0.05, 0.1) is 30.1 Å². The van der Waals surface area contributed by atoms with Gasteiger partial charge in [0.25, 0.3) is 23.5 Å². The molecule has 2 aromatic heterocycles. The standard InChI is InChI=1S/C19H18F2N6O3/c20-16(21)9-27-11-24-14-7-12(1-2-13(14)18(27)29)25-3-5-26(6-4-25)19(30)15-8-17(28)23-10-22-15/h1-2,7-8,10-11,16H,3-6,9H2,(H,22,23,28). The number of alkyl halides is 2. The molecule has 0 spiro atoms. The second kappa shape index (κ2) is 8.01. The molecule has 156 valence electrons. The van der Waals surface area contributed by atoms with Crippen LogP contribution in [0.5, 0.6) is 0 Å². The average molecular weight is 416 g/mol. The first-order chi connectivity index (χ1) is 14.4. The van der Waals surface area contributed by atoms with E-state index >= 15 is 0 Å². The summed E-state index contributed by atoms with van der Waals surface area (Å²) in [6, 6.07) is 6.23. The molecule has 1 aliphatic heterocycles. The number of anilines is 1. The van der Waals surface area contributed by atoms with Crippen molar-refractivity contribution in [3.63, 3.8) is 0 Å². The monoisotopic (exact) mass is 416 g/mol. The van der Waals surface area contributed by atoms with Crippen LogP contribution in [0, 0.1) is 0 Å². The summed E-state index contributed by atoms with van der Waals surface area (Å²) in [5.74, 6) is -0.305. The number of halogens is 2. The molecule has 0 bridgehead atoms. The van der Waals surface area contributed by atoms with Crippen molar-refractivity contribution < 1.29 is 13.6 Å². The Balaban J connectivity index is 1.48. The quantitative estimate of drug-likeness (QED) is 0.672. The zero-order valence-electron chi connectivity index (χ0n) is 15.8. The molecule has 30 heavy (non-hydrogen) atoms. The lowest BCUT2D eigenvalue weighted by atomic mass is 10.2. The van der Waals surface area contributed by atoms with Gasteiger partial charge in [-0.25, -0.2) is 18.7 Å². The van der Waals surface area contributed by atoms with Crippen molar-refractivity contribution in [2.24, 2.45) is 0 Å². The number of nitrogens with one attached hydrogen (secondary N) is 1. The molecule has 3 heterocycles. The van der Waals surface area contributed by atoms with E-state index in [9.17, 15) is 23.2 Å². The number of carbonyl (C=O) groups is 1. The molecule has 9 nitrogen and oxygen atoms in total. The minimum atomic E-state index is -2.63. The van der Waals surface area contributed by atoms with Crippen LogP contribution in [-0.2, 0) is 6.54 Å². The molecule has 0 radical (unpaired) electrons. The van der Waals surface area contributed by atoms with E-state index in [0.717, 1.165) is 16.6 Å². The summed E-state index contributed by atoms with van der Waals surface area (Å²) in [5, 5.41) is 0.274. The number of H-pyrrole nitrogens is 1. The van der Waals surface area contributed by atoms with Gasteiger partial charge in [-0.3, -0.25) is 19.0 Å². The molecule has 1 fully saturated rings. The lowest BCUT2D eigenvalue weighted by molar-refractivity contribution is 0.0740. The van der Waals surface area contributed by atoms with Crippen molar-refractivity contribution in [3.05, 3.63) is 63.3 Å². The first kappa shape index (κ1) is 19.7.